The van der Waals surface area contributed by atoms with Crippen LogP contribution in [-0.2, 0) is 17.8 Å². The number of H-pyrrole nitrogens is 1. The van der Waals surface area contributed by atoms with Crippen molar-refractivity contribution in [1.82, 2.24) is 19.2 Å². The van der Waals surface area contributed by atoms with E-state index in [4.69, 9.17) is 21.7 Å². The highest BCUT2D eigenvalue weighted by molar-refractivity contribution is 7.71. The molecule has 1 aromatic carbocycles. The van der Waals surface area contributed by atoms with Crippen LogP contribution in [0.4, 0.5) is 0 Å². The molecule has 1 N–H and O–H groups in total. The van der Waals surface area contributed by atoms with E-state index < -0.39 is 0 Å². The molecule has 0 saturated carbocycles. The van der Waals surface area contributed by atoms with Crippen LogP contribution >= 0.6 is 23.6 Å². The van der Waals surface area contributed by atoms with Crippen LogP contribution in [-0.4, -0.2) is 32.4 Å². The van der Waals surface area contributed by atoms with Crippen molar-refractivity contribution in [3.63, 3.8) is 0 Å². The highest BCUT2D eigenvalue weighted by Gasteiger charge is 2.29. The predicted octanol–water partition coefficient (Wildman–Crippen LogP) is 3.86. The van der Waals surface area contributed by atoms with Gasteiger partial charge in [-0.05, 0) is 48.0 Å². The Balaban J connectivity index is 1.86. The third kappa shape index (κ3) is 2.76. The minimum atomic E-state index is -0.0893. The maximum absolute atomic E-state index is 13.7. The van der Waals surface area contributed by atoms with Crippen molar-refractivity contribution in [2.45, 2.75) is 33.0 Å². The highest BCUT2D eigenvalue weighted by Crippen LogP contribution is 2.36. The van der Waals surface area contributed by atoms with Crippen LogP contribution < -0.4 is 10.3 Å². The Labute approximate surface area is 175 Å². The monoisotopic (exact) mass is 428 g/mol. The molecule has 9 heteroatoms. The van der Waals surface area contributed by atoms with Gasteiger partial charge in [0.25, 0.3) is 5.56 Å². The maximum Gasteiger partial charge on any atom is 0.268 e. The number of hydrogen-bond donors (Lipinski definition) is 1. The minimum absolute atomic E-state index is 0.0893. The molecule has 4 aromatic rings. The lowest BCUT2D eigenvalue weighted by Crippen LogP contribution is -2.28. The number of methoxy groups -OCH3 is 1. The van der Waals surface area contributed by atoms with Crippen LogP contribution in [0.15, 0.2) is 29.1 Å². The summed E-state index contributed by atoms with van der Waals surface area (Å²) < 4.78 is 15.2. The molecule has 1 aliphatic heterocycles. The Morgan fingerprint density at radius 2 is 2.10 bits per heavy atom. The largest absolute Gasteiger partial charge is 0.497 e. The SMILES string of the molecule is COc1ccc(-n2c(=O)c3c4c(sc3n3c(=S)[nH]nc23)CO[C@H](C(C)C)C4)cc1. The number of rotatable bonds is 3. The van der Waals surface area contributed by atoms with E-state index in [2.05, 4.69) is 24.0 Å². The molecule has 0 amide bonds. The van der Waals surface area contributed by atoms with Gasteiger partial charge < -0.3 is 9.47 Å². The number of fused-ring (bicyclic) bond motifs is 5. The van der Waals surface area contributed by atoms with Gasteiger partial charge in [0, 0.05) is 11.3 Å². The predicted molar refractivity (Wildman–Crippen MR) is 115 cm³/mol. The normalized spacial score (nSPS) is 16.6. The Morgan fingerprint density at radius 3 is 2.79 bits per heavy atom. The molecule has 5 rings (SSSR count). The number of aromatic amines is 1. The third-order valence-electron chi connectivity index (χ3n) is 5.45. The molecule has 1 atom stereocenters. The molecule has 0 spiro atoms. The van der Waals surface area contributed by atoms with E-state index in [9.17, 15) is 4.79 Å². The van der Waals surface area contributed by atoms with E-state index in [0.717, 1.165) is 27.4 Å². The molecule has 4 heterocycles. The molecule has 0 unspecified atom stereocenters. The van der Waals surface area contributed by atoms with Gasteiger partial charge >= 0.3 is 0 Å². The second kappa shape index (κ2) is 6.79. The van der Waals surface area contributed by atoms with Gasteiger partial charge in [-0.2, -0.15) is 0 Å². The summed E-state index contributed by atoms with van der Waals surface area (Å²) in [5.74, 6) is 1.57. The molecule has 0 bridgehead atoms. The Hall–Kier alpha value is -2.49. The van der Waals surface area contributed by atoms with Gasteiger partial charge in [-0.25, -0.2) is 14.1 Å². The van der Waals surface area contributed by atoms with E-state index >= 15 is 0 Å². The van der Waals surface area contributed by atoms with Gasteiger partial charge in [0.05, 0.1) is 30.9 Å². The van der Waals surface area contributed by atoms with Crippen molar-refractivity contribution >= 4 is 39.5 Å². The van der Waals surface area contributed by atoms with Gasteiger partial charge in [0.15, 0.2) is 0 Å². The van der Waals surface area contributed by atoms with Gasteiger partial charge in [-0.3, -0.25) is 4.79 Å². The number of thiophene rings is 1. The van der Waals surface area contributed by atoms with Crippen molar-refractivity contribution < 1.29 is 9.47 Å². The first-order valence-electron chi connectivity index (χ1n) is 9.42. The zero-order valence-electron chi connectivity index (χ0n) is 16.3. The van der Waals surface area contributed by atoms with Gasteiger partial charge in [-0.15, -0.1) is 16.4 Å². The summed E-state index contributed by atoms with van der Waals surface area (Å²) in [6.45, 7) is 4.81. The molecular weight excluding hydrogens is 408 g/mol. The lowest BCUT2D eigenvalue weighted by molar-refractivity contribution is 0.00200. The lowest BCUT2D eigenvalue weighted by atomic mass is 9.96. The Bertz CT molecular complexity index is 1340. The molecule has 0 aliphatic carbocycles. The van der Waals surface area contributed by atoms with Crippen LogP contribution in [0, 0.1) is 10.7 Å². The molecule has 0 fully saturated rings. The molecule has 29 heavy (non-hydrogen) atoms. The molecule has 0 radical (unpaired) electrons. The van der Waals surface area contributed by atoms with Crippen molar-refractivity contribution in [1.29, 1.82) is 0 Å². The van der Waals surface area contributed by atoms with Crippen molar-refractivity contribution in [3.8, 4) is 11.4 Å². The zero-order chi connectivity index (χ0) is 20.3. The van der Waals surface area contributed by atoms with Gasteiger partial charge in [-0.1, -0.05) is 13.8 Å². The summed E-state index contributed by atoms with van der Waals surface area (Å²) in [5, 5.41) is 7.90. The quantitative estimate of drug-likeness (QED) is 0.502. The van der Waals surface area contributed by atoms with Crippen LogP contribution in [0.3, 0.4) is 0 Å². The van der Waals surface area contributed by atoms with Crippen LogP contribution in [0.2, 0.25) is 0 Å². The first-order chi connectivity index (χ1) is 14.0. The molecule has 0 saturated heterocycles. The first-order valence-corrected chi connectivity index (χ1v) is 10.6. The summed E-state index contributed by atoms with van der Waals surface area (Å²) in [7, 11) is 1.61. The summed E-state index contributed by atoms with van der Waals surface area (Å²) >= 11 is 7.06. The highest BCUT2D eigenvalue weighted by atomic mass is 32.1. The van der Waals surface area contributed by atoms with Crippen molar-refractivity contribution in [2.75, 3.05) is 7.11 Å². The van der Waals surface area contributed by atoms with E-state index in [1.165, 1.54) is 0 Å². The van der Waals surface area contributed by atoms with Gasteiger partial charge in [0.2, 0.25) is 10.5 Å². The van der Waals surface area contributed by atoms with Crippen LogP contribution in [0.1, 0.15) is 24.3 Å². The average molecular weight is 429 g/mol. The van der Waals surface area contributed by atoms with Crippen LogP contribution in [0.25, 0.3) is 21.7 Å². The summed E-state index contributed by atoms with van der Waals surface area (Å²) in [4.78, 5) is 15.6. The van der Waals surface area contributed by atoms with Crippen LogP contribution in [0.5, 0.6) is 5.75 Å². The van der Waals surface area contributed by atoms with E-state index in [1.54, 1.807) is 23.0 Å². The van der Waals surface area contributed by atoms with Crippen molar-refractivity contribution in [3.05, 3.63) is 49.8 Å². The topological polar surface area (TPSA) is 73.5 Å². The molecule has 7 nitrogen and oxygen atoms in total. The fraction of sp³-hybridized carbons (Fsp3) is 0.350. The number of nitrogens with zero attached hydrogens (tertiary/aromatic N) is 3. The molecule has 150 valence electrons. The third-order valence-corrected chi connectivity index (χ3v) is 6.92. The second-order valence-corrected chi connectivity index (χ2v) is 8.95. The Kier molecular flexibility index (Phi) is 4.34. The zero-order valence-corrected chi connectivity index (χ0v) is 17.9. The fourth-order valence-electron chi connectivity index (χ4n) is 3.87. The summed E-state index contributed by atoms with van der Waals surface area (Å²) in [6, 6.07) is 7.36. The minimum Gasteiger partial charge on any atom is -0.497 e. The number of benzene rings is 1. The smallest absolute Gasteiger partial charge is 0.268 e. The van der Waals surface area contributed by atoms with E-state index in [0.29, 0.717) is 34.1 Å². The molecule has 3 aromatic heterocycles. The molecule has 1 aliphatic rings. The number of ether oxygens (including phenoxy) is 2. The summed E-state index contributed by atoms with van der Waals surface area (Å²) in [6.07, 6.45) is 0.823. The second-order valence-electron chi connectivity index (χ2n) is 7.48. The average Bonchev–Trinajstić information content (AvgIpc) is 3.28. The number of nitrogens with one attached hydrogen (secondary N) is 1. The Morgan fingerprint density at radius 1 is 1.34 bits per heavy atom. The first kappa shape index (κ1) is 18.5. The number of aromatic nitrogens is 4. The number of hydrogen-bond acceptors (Lipinski definition) is 6. The van der Waals surface area contributed by atoms with Gasteiger partial charge in [0.1, 0.15) is 10.6 Å². The fourth-order valence-corrected chi connectivity index (χ4v) is 5.39. The standard InChI is InChI=1S/C20H20N4O3S2/c1-10(2)14-8-13-15(9-27-14)29-18-16(13)17(25)23(19-21-22-20(28)24(18)19)11-4-6-12(26-3)7-5-11/h4-7,10,14H,8-9H2,1-3H3,(H,22,28)/t14-/m0/s1. The summed E-state index contributed by atoms with van der Waals surface area (Å²) in [5.41, 5.74) is 1.70. The van der Waals surface area contributed by atoms with E-state index in [1.807, 2.05) is 28.7 Å². The van der Waals surface area contributed by atoms with Crippen molar-refractivity contribution in [2.24, 2.45) is 5.92 Å². The maximum atomic E-state index is 13.7. The molecular formula is C20H20N4O3S2. The van der Waals surface area contributed by atoms with E-state index in [-0.39, 0.29) is 11.7 Å². The lowest BCUT2D eigenvalue weighted by Gasteiger charge is -2.26.